The van der Waals surface area contributed by atoms with Crippen molar-refractivity contribution in [3.05, 3.63) is 65.0 Å². The number of nitrogens with two attached hydrogens (primary N) is 1. The molecule has 0 fully saturated rings. The predicted molar refractivity (Wildman–Crippen MR) is 106 cm³/mol. The number of hydrogen-bond donors (Lipinski definition) is 2. The van der Waals surface area contributed by atoms with Gasteiger partial charge in [0.2, 0.25) is 0 Å². The Kier molecular flexibility index (Phi) is 12.9. The van der Waals surface area contributed by atoms with Crippen LogP contribution in [0.4, 0.5) is 13.2 Å². The second-order valence-corrected chi connectivity index (χ2v) is 5.45. The molecule has 7 heteroatoms. The SMILES string of the molecule is CCCCCOc1ccc(F)c(C(N)=O)c1F.CS.Cc1cccc(F)c1. The lowest BCUT2D eigenvalue weighted by molar-refractivity contribution is 0.0991. The molecule has 0 heterocycles. The first-order valence-electron chi connectivity index (χ1n) is 8.44. The van der Waals surface area contributed by atoms with Gasteiger partial charge in [-0.15, -0.1) is 0 Å². The Hall–Kier alpha value is -2.15. The third-order valence-corrected chi connectivity index (χ3v) is 3.29. The lowest BCUT2D eigenvalue weighted by Gasteiger charge is -2.09. The van der Waals surface area contributed by atoms with E-state index < -0.39 is 23.1 Å². The molecule has 0 aliphatic heterocycles. The van der Waals surface area contributed by atoms with Gasteiger partial charge in [-0.05, 0) is 49.4 Å². The molecule has 0 aliphatic rings. The van der Waals surface area contributed by atoms with E-state index in [4.69, 9.17) is 10.5 Å². The van der Waals surface area contributed by atoms with Crippen LogP contribution in [0, 0.1) is 24.4 Å². The number of carbonyl (C=O) groups excluding carboxylic acids is 1. The van der Waals surface area contributed by atoms with Crippen LogP contribution in [0.25, 0.3) is 0 Å². The summed E-state index contributed by atoms with van der Waals surface area (Å²) in [5.41, 5.74) is 5.10. The first-order valence-corrected chi connectivity index (χ1v) is 9.33. The maximum Gasteiger partial charge on any atom is 0.254 e. The fourth-order valence-electron chi connectivity index (χ4n) is 2.01. The number of thiol groups is 1. The summed E-state index contributed by atoms with van der Waals surface area (Å²) in [4.78, 5) is 10.9. The zero-order chi connectivity index (χ0) is 20.8. The Bertz CT molecular complexity index is 694. The molecule has 0 spiro atoms. The maximum absolute atomic E-state index is 13.6. The number of aryl methyl sites for hydroxylation is 1. The highest BCUT2D eigenvalue weighted by Crippen LogP contribution is 2.23. The summed E-state index contributed by atoms with van der Waals surface area (Å²) in [6.07, 6.45) is 4.45. The monoisotopic (exact) mass is 401 g/mol. The molecule has 2 aromatic rings. The maximum atomic E-state index is 13.6. The van der Waals surface area contributed by atoms with Crippen molar-refractivity contribution in [2.45, 2.75) is 33.1 Å². The Morgan fingerprint density at radius 1 is 1.11 bits per heavy atom. The molecule has 0 atom stereocenters. The number of hydrogen-bond acceptors (Lipinski definition) is 3. The zero-order valence-electron chi connectivity index (χ0n) is 15.8. The van der Waals surface area contributed by atoms with Gasteiger partial charge in [-0.2, -0.15) is 12.6 Å². The fraction of sp³-hybridized carbons (Fsp3) is 0.350. The molecule has 27 heavy (non-hydrogen) atoms. The molecule has 3 nitrogen and oxygen atoms in total. The minimum Gasteiger partial charge on any atom is -0.490 e. The highest BCUT2D eigenvalue weighted by molar-refractivity contribution is 7.79. The van der Waals surface area contributed by atoms with E-state index in [0.29, 0.717) is 6.61 Å². The minimum atomic E-state index is -1.14. The van der Waals surface area contributed by atoms with Crippen LogP contribution in [0.1, 0.15) is 42.1 Å². The average molecular weight is 401 g/mol. The smallest absolute Gasteiger partial charge is 0.254 e. The van der Waals surface area contributed by atoms with Crippen LogP contribution in [0.5, 0.6) is 5.75 Å². The number of rotatable bonds is 6. The summed E-state index contributed by atoms with van der Waals surface area (Å²) in [5, 5.41) is 0. The fourth-order valence-corrected chi connectivity index (χ4v) is 2.01. The number of unbranched alkanes of at least 4 members (excludes halogenated alkanes) is 2. The van der Waals surface area contributed by atoms with Gasteiger partial charge in [-0.3, -0.25) is 4.79 Å². The Balaban J connectivity index is 0.000000562. The summed E-state index contributed by atoms with van der Waals surface area (Å²) in [6.45, 7) is 4.22. The summed E-state index contributed by atoms with van der Waals surface area (Å²) < 4.78 is 44.1. The molecule has 2 N–H and O–H groups in total. The Morgan fingerprint density at radius 2 is 1.78 bits per heavy atom. The normalized spacial score (nSPS) is 9.44. The van der Waals surface area contributed by atoms with Crippen molar-refractivity contribution in [3.63, 3.8) is 0 Å². The van der Waals surface area contributed by atoms with E-state index in [2.05, 4.69) is 12.6 Å². The molecule has 0 unspecified atom stereocenters. The molecule has 0 saturated carbocycles. The molecule has 0 radical (unpaired) electrons. The van der Waals surface area contributed by atoms with E-state index in [9.17, 15) is 18.0 Å². The topological polar surface area (TPSA) is 52.3 Å². The van der Waals surface area contributed by atoms with E-state index in [1.165, 1.54) is 12.1 Å². The van der Waals surface area contributed by atoms with E-state index in [1.807, 2.05) is 19.9 Å². The van der Waals surface area contributed by atoms with Crippen LogP contribution in [0.15, 0.2) is 36.4 Å². The minimum absolute atomic E-state index is 0.142. The van der Waals surface area contributed by atoms with Crippen molar-refractivity contribution in [3.8, 4) is 5.75 Å². The number of benzene rings is 2. The quantitative estimate of drug-likeness (QED) is 0.509. The molecule has 0 aromatic heterocycles. The molecule has 150 valence electrons. The summed E-state index contributed by atoms with van der Waals surface area (Å²) >= 11 is 3.53. The lowest BCUT2D eigenvalue weighted by Crippen LogP contribution is -2.16. The van der Waals surface area contributed by atoms with E-state index in [1.54, 1.807) is 12.3 Å². The van der Waals surface area contributed by atoms with Crippen LogP contribution in [-0.4, -0.2) is 18.8 Å². The van der Waals surface area contributed by atoms with Crippen LogP contribution in [0.2, 0.25) is 0 Å². The summed E-state index contributed by atoms with van der Waals surface area (Å²) in [5.74, 6) is -3.45. The van der Waals surface area contributed by atoms with E-state index >= 15 is 0 Å². The Labute approximate surface area is 164 Å². The van der Waals surface area contributed by atoms with Crippen molar-refractivity contribution in [2.24, 2.45) is 5.73 Å². The lowest BCUT2D eigenvalue weighted by atomic mass is 10.1. The third kappa shape index (κ3) is 9.38. The van der Waals surface area contributed by atoms with Gasteiger partial charge in [-0.25, -0.2) is 13.2 Å². The Morgan fingerprint density at radius 3 is 2.26 bits per heavy atom. The van der Waals surface area contributed by atoms with E-state index in [0.717, 1.165) is 37.0 Å². The highest BCUT2D eigenvalue weighted by atomic mass is 32.1. The van der Waals surface area contributed by atoms with Gasteiger partial charge in [0.05, 0.1) is 6.61 Å². The number of carbonyl (C=O) groups is 1. The van der Waals surface area contributed by atoms with Gasteiger partial charge in [-0.1, -0.05) is 31.9 Å². The number of amides is 1. The van der Waals surface area contributed by atoms with Gasteiger partial charge in [0.1, 0.15) is 17.2 Å². The molecule has 2 aromatic carbocycles. The largest absolute Gasteiger partial charge is 0.490 e. The first kappa shape index (κ1) is 24.8. The molecule has 2 rings (SSSR count). The van der Waals surface area contributed by atoms with Crippen LogP contribution < -0.4 is 10.5 Å². The predicted octanol–water partition coefficient (Wildman–Crippen LogP) is 5.31. The third-order valence-electron chi connectivity index (χ3n) is 3.29. The summed E-state index contributed by atoms with van der Waals surface area (Å²) in [7, 11) is 0. The molecular formula is C20H26F3NO2S. The molecular weight excluding hydrogens is 375 g/mol. The second kappa shape index (κ2) is 14.0. The van der Waals surface area contributed by atoms with E-state index in [-0.39, 0.29) is 11.6 Å². The van der Waals surface area contributed by atoms with Crippen molar-refractivity contribution in [2.75, 3.05) is 12.9 Å². The number of primary amides is 1. The number of ether oxygens (including phenoxy) is 1. The molecule has 0 saturated heterocycles. The second-order valence-electron chi connectivity index (χ2n) is 5.45. The van der Waals surface area contributed by atoms with Gasteiger partial charge in [0.15, 0.2) is 11.6 Å². The van der Waals surface area contributed by atoms with Crippen LogP contribution in [0.3, 0.4) is 0 Å². The first-order chi connectivity index (χ1) is 12.9. The standard InChI is InChI=1S/C12H15F2NO2.C7H7F.CH4S/c1-2-3-4-7-17-9-6-5-8(13)10(11(9)14)12(15)16;1-6-3-2-4-7(8)5-6;1-2/h5-6H,2-4,7H2,1H3,(H2,15,16);2-5H,1H3;2H,1H3. The van der Waals surface area contributed by atoms with Crippen LogP contribution >= 0.6 is 12.6 Å². The molecule has 1 amide bonds. The van der Waals surface area contributed by atoms with Gasteiger partial charge in [0, 0.05) is 0 Å². The molecule has 0 bridgehead atoms. The van der Waals surface area contributed by atoms with Gasteiger partial charge in [0.25, 0.3) is 5.91 Å². The van der Waals surface area contributed by atoms with Crippen molar-refractivity contribution < 1.29 is 22.7 Å². The summed E-state index contributed by atoms with van der Waals surface area (Å²) in [6, 6.07) is 8.63. The average Bonchev–Trinajstić information content (AvgIpc) is 2.62. The highest BCUT2D eigenvalue weighted by Gasteiger charge is 2.18. The van der Waals surface area contributed by atoms with Crippen molar-refractivity contribution in [1.29, 1.82) is 0 Å². The van der Waals surface area contributed by atoms with Gasteiger partial charge >= 0.3 is 0 Å². The number of halogens is 3. The molecule has 0 aliphatic carbocycles. The van der Waals surface area contributed by atoms with Crippen LogP contribution in [-0.2, 0) is 0 Å². The van der Waals surface area contributed by atoms with Crippen molar-refractivity contribution in [1.82, 2.24) is 0 Å². The van der Waals surface area contributed by atoms with Gasteiger partial charge < -0.3 is 10.5 Å². The zero-order valence-corrected chi connectivity index (χ0v) is 16.7. The van der Waals surface area contributed by atoms with Crippen molar-refractivity contribution >= 4 is 18.5 Å².